The van der Waals surface area contributed by atoms with Crippen molar-refractivity contribution in [3.05, 3.63) is 71.3 Å². The third-order valence-electron chi connectivity index (χ3n) is 6.47. The van der Waals surface area contributed by atoms with Gasteiger partial charge in [0.1, 0.15) is 12.4 Å². The van der Waals surface area contributed by atoms with E-state index in [0.29, 0.717) is 22.6 Å². The number of anilines is 2. The van der Waals surface area contributed by atoms with Gasteiger partial charge in [0.25, 0.3) is 0 Å². The molecule has 0 unspecified atom stereocenters. The topological polar surface area (TPSA) is 80.7 Å². The van der Waals surface area contributed by atoms with Gasteiger partial charge in [-0.1, -0.05) is 6.07 Å². The smallest absolute Gasteiger partial charge is 0.250 e. The van der Waals surface area contributed by atoms with Gasteiger partial charge in [-0.25, -0.2) is 0 Å². The lowest BCUT2D eigenvalue weighted by atomic mass is 9.96. The van der Waals surface area contributed by atoms with Gasteiger partial charge < -0.3 is 29.6 Å². The highest BCUT2D eigenvalue weighted by atomic mass is 32.1. The van der Waals surface area contributed by atoms with E-state index in [-0.39, 0.29) is 24.6 Å². The molecule has 36 heavy (non-hydrogen) atoms. The van der Waals surface area contributed by atoms with Crippen LogP contribution in [0.4, 0.5) is 11.4 Å². The van der Waals surface area contributed by atoms with Crippen molar-refractivity contribution in [2.45, 2.75) is 45.8 Å². The molecule has 0 bridgehead atoms. The standard InChI is InChI=1S/C27H33N5O3S/c1-16(2)31-17(3)13-20(18(31)4)26-25(21-9-7-8-12-28-21)30-27(36)32(26)19-10-11-23(35-6)22(14-19)29-24(33)15-34-5/h7-14,16,25-26H,15H2,1-6H3,(H,29,33)(H,30,36)/t25-,26+/m0/s1. The number of carbonyl (C=O) groups is 1. The number of benzene rings is 1. The van der Waals surface area contributed by atoms with Crippen molar-refractivity contribution >= 4 is 34.6 Å². The van der Waals surface area contributed by atoms with E-state index in [1.165, 1.54) is 24.1 Å². The van der Waals surface area contributed by atoms with Crippen LogP contribution in [-0.4, -0.2) is 41.4 Å². The maximum absolute atomic E-state index is 12.3. The van der Waals surface area contributed by atoms with Gasteiger partial charge in [-0.15, -0.1) is 0 Å². The number of aromatic nitrogens is 2. The molecule has 8 nitrogen and oxygen atoms in total. The molecule has 0 radical (unpaired) electrons. The van der Waals surface area contributed by atoms with Crippen molar-refractivity contribution < 1.29 is 14.3 Å². The number of pyridine rings is 1. The van der Waals surface area contributed by atoms with Gasteiger partial charge in [-0.3, -0.25) is 9.78 Å². The van der Waals surface area contributed by atoms with Gasteiger partial charge in [0.05, 0.1) is 30.6 Å². The third kappa shape index (κ3) is 4.81. The van der Waals surface area contributed by atoms with E-state index < -0.39 is 0 Å². The van der Waals surface area contributed by atoms with Crippen LogP contribution >= 0.6 is 12.2 Å². The van der Waals surface area contributed by atoms with E-state index in [0.717, 1.165) is 11.4 Å². The zero-order valence-electron chi connectivity index (χ0n) is 21.5. The Morgan fingerprint density at radius 3 is 2.58 bits per heavy atom. The van der Waals surface area contributed by atoms with E-state index in [9.17, 15) is 4.79 Å². The van der Waals surface area contributed by atoms with Crippen LogP contribution in [0.2, 0.25) is 0 Å². The quantitative estimate of drug-likeness (QED) is 0.422. The molecule has 0 aliphatic carbocycles. The molecule has 9 heteroatoms. The lowest BCUT2D eigenvalue weighted by molar-refractivity contribution is -0.119. The maximum Gasteiger partial charge on any atom is 0.250 e. The lowest BCUT2D eigenvalue weighted by Crippen LogP contribution is -2.30. The molecule has 2 atom stereocenters. The van der Waals surface area contributed by atoms with Crippen LogP contribution in [0.1, 0.15) is 54.6 Å². The Morgan fingerprint density at radius 1 is 1.19 bits per heavy atom. The number of carbonyl (C=O) groups excluding carboxylic acids is 1. The second-order valence-corrected chi connectivity index (χ2v) is 9.54. The largest absolute Gasteiger partial charge is 0.495 e. The minimum Gasteiger partial charge on any atom is -0.495 e. The van der Waals surface area contributed by atoms with Crippen molar-refractivity contribution in [2.75, 3.05) is 31.0 Å². The van der Waals surface area contributed by atoms with E-state index in [4.69, 9.17) is 21.7 Å². The fraction of sp³-hybridized carbons (Fsp3) is 0.370. The summed E-state index contributed by atoms with van der Waals surface area (Å²) in [6, 6.07) is 13.8. The van der Waals surface area contributed by atoms with Gasteiger partial charge in [0.2, 0.25) is 5.91 Å². The molecule has 0 saturated carbocycles. The van der Waals surface area contributed by atoms with Gasteiger partial charge in [0, 0.05) is 36.4 Å². The zero-order valence-corrected chi connectivity index (χ0v) is 22.3. The molecule has 190 valence electrons. The van der Waals surface area contributed by atoms with Crippen molar-refractivity contribution in [3.8, 4) is 5.75 Å². The van der Waals surface area contributed by atoms with E-state index in [1.54, 1.807) is 13.3 Å². The Morgan fingerprint density at radius 2 is 1.97 bits per heavy atom. The van der Waals surface area contributed by atoms with Crippen LogP contribution < -0.4 is 20.3 Å². The summed E-state index contributed by atoms with van der Waals surface area (Å²) in [5, 5.41) is 6.98. The molecular formula is C27H33N5O3S. The van der Waals surface area contributed by atoms with Crippen molar-refractivity contribution in [3.63, 3.8) is 0 Å². The van der Waals surface area contributed by atoms with Crippen LogP contribution in [0.3, 0.4) is 0 Å². The SMILES string of the molecule is COCC(=O)Nc1cc(N2C(=S)N[C@@H](c3ccccn3)[C@H]2c2cc(C)n(C(C)C)c2C)ccc1OC. The number of aryl methyl sites for hydroxylation is 1. The second-order valence-electron chi connectivity index (χ2n) is 9.15. The first-order valence-electron chi connectivity index (χ1n) is 11.9. The van der Waals surface area contributed by atoms with Gasteiger partial charge in [-0.2, -0.15) is 0 Å². The first-order chi connectivity index (χ1) is 17.3. The average Bonchev–Trinajstić information content (AvgIpc) is 3.34. The highest BCUT2D eigenvalue weighted by Gasteiger charge is 2.42. The number of hydrogen-bond donors (Lipinski definition) is 2. The maximum atomic E-state index is 12.3. The van der Waals surface area contributed by atoms with Crippen LogP contribution in [0.5, 0.6) is 5.75 Å². The van der Waals surface area contributed by atoms with E-state index in [1.807, 2.05) is 36.4 Å². The fourth-order valence-electron chi connectivity index (χ4n) is 5.11. The predicted molar refractivity (Wildman–Crippen MR) is 146 cm³/mol. The van der Waals surface area contributed by atoms with Crippen LogP contribution in [-0.2, 0) is 9.53 Å². The fourth-order valence-corrected chi connectivity index (χ4v) is 5.45. The highest BCUT2D eigenvalue weighted by molar-refractivity contribution is 7.80. The number of hydrogen-bond acceptors (Lipinski definition) is 5. The summed E-state index contributed by atoms with van der Waals surface area (Å²) in [4.78, 5) is 19.0. The summed E-state index contributed by atoms with van der Waals surface area (Å²) < 4.78 is 12.8. The number of nitrogens with zero attached hydrogens (tertiary/aromatic N) is 3. The zero-order chi connectivity index (χ0) is 26.0. The molecule has 1 amide bonds. The van der Waals surface area contributed by atoms with E-state index in [2.05, 4.69) is 58.8 Å². The molecule has 1 aliphatic rings. The molecule has 3 heterocycles. The van der Waals surface area contributed by atoms with Crippen molar-refractivity contribution in [1.82, 2.24) is 14.9 Å². The van der Waals surface area contributed by atoms with Crippen LogP contribution in [0.15, 0.2) is 48.7 Å². The Balaban J connectivity index is 1.85. The number of nitrogens with one attached hydrogen (secondary N) is 2. The molecule has 1 saturated heterocycles. The highest BCUT2D eigenvalue weighted by Crippen LogP contribution is 2.45. The molecule has 4 rings (SSSR count). The summed E-state index contributed by atoms with van der Waals surface area (Å²) in [6.07, 6.45) is 1.80. The molecule has 1 fully saturated rings. The van der Waals surface area contributed by atoms with Crippen molar-refractivity contribution in [2.24, 2.45) is 0 Å². The first kappa shape index (κ1) is 25.7. The number of thiocarbonyl (C=S) groups is 1. The van der Waals surface area contributed by atoms with Crippen LogP contribution in [0.25, 0.3) is 0 Å². The average molecular weight is 508 g/mol. The molecule has 1 aliphatic heterocycles. The van der Waals surface area contributed by atoms with Gasteiger partial charge in [-0.05, 0) is 81.9 Å². The summed E-state index contributed by atoms with van der Waals surface area (Å²) in [7, 11) is 3.06. The third-order valence-corrected chi connectivity index (χ3v) is 6.78. The Kier molecular flexibility index (Phi) is 7.61. The number of amides is 1. The first-order valence-corrected chi connectivity index (χ1v) is 12.3. The second kappa shape index (κ2) is 10.7. The number of rotatable bonds is 8. The molecule has 2 aromatic heterocycles. The Hall–Kier alpha value is -3.43. The number of ether oxygens (including phenoxy) is 2. The summed E-state index contributed by atoms with van der Waals surface area (Å²) in [5.74, 6) is 0.288. The monoisotopic (exact) mass is 507 g/mol. The minimum absolute atomic E-state index is 0.0529. The molecular weight excluding hydrogens is 474 g/mol. The Labute approximate surface area is 217 Å². The Bertz CT molecular complexity index is 1260. The summed E-state index contributed by atoms with van der Waals surface area (Å²) >= 11 is 5.89. The van der Waals surface area contributed by atoms with Crippen LogP contribution in [0, 0.1) is 13.8 Å². The molecule has 2 N–H and O–H groups in total. The summed E-state index contributed by atoms with van der Waals surface area (Å²) in [6.45, 7) is 8.61. The van der Waals surface area contributed by atoms with Gasteiger partial charge >= 0.3 is 0 Å². The molecule has 3 aromatic rings. The van der Waals surface area contributed by atoms with E-state index >= 15 is 0 Å². The lowest BCUT2D eigenvalue weighted by Gasteiger charge is -2.29. The normalized spacial score (nSPS) is 17.4. The summed E-state index contributed by atoms with van der Waals surface area (Å²) in [5.41, 5.74) is 5.84. The van der Waals surface area contributed by atoms with Gasteiger partial charge in [0.15, 0.2) is 5.11 Å². The number of methoxy groups -OCH3 is 2. The van der Waals surface area contributed by atoms with Crippen molar-refractivity contribution in [1.29, 1.82) is 0 Å². The molecule has 1 aromatic carbocycles. The molecule has 0 spiro atoms. The minimum atomic E-state index is -0.265. The predicted octanol–water partition coefficient (Wildman–Crippen LogP) is 4.85.